The van der Waals surface area contributed by atoms with Crippen LogP contribution in [0.25, 0.3) is 0 Å². The molecule has 3 rings (SSSR count). The van der Waals surface area contributed by atoms with Crippen molar-refractivity contribution in [3.05, 3.63) is 60.2 Å². The smallest absolute Gasteiger partial charge is 0.229 e. The fourth-order valence-electron chi connectivity index (χ4n) is 3.38. The second kappa shape index (κ2) is 7.49. The topological polar surface area (TPSA) is 61.4 Å². The van der Waals surface area contributed by atoms with Crippen molar-refractivity contribution in [2.24, 2.45) is 5.92 Å². The minimum absolute atomic E-state index is 0.0329. The first-order valence-electron chi connectivity index (χ1n) is 8.45. The molecular formula is C20H23N3O2. The number of benzene rings is 2. The van der Waals surface area contributed by atoms with E-state index in [2.05, 4.69) is 27.7 Å². The second-order valence-electron chi connectivity index (χ2n) is 6.59. The molecule has 2 amide bonds. The maximum atomic E-state index is 12.8. The highest BCUT2D eigenvalue weighted by Gasteiger charge is 2.36. The lowest BCUT2D eigenvalue weighted by Gasteiger charge is -2.18. The third kappa shape index (κ3) is 4.25. The van der Waals surface area contributed by atoms with E-state index < -0.39 is 0 Å². The van der Waals surface area contributed by atoms with Crippen LogP contribution in [0.3, 0.4) is 0 Å². The Hall–Kier alpha value is -2.66. The van der Waals surface area contributed by atoms with Crippen molar-refractivity contribution < 1.29 is 9.59 Å². The summed E-state index contributed by atoms with van der Waals surface area (Å²) < 4.78 is 0. The van der Waals surface area contributed by atoms with E-state index in [-0.39, 0.29) is 23.7 Å². The Morgan fingerprint density at radius 3 is 2.12 bits per heavy atom. The van der Waals surface area contributed by atoms with Crippen LogP contribution in [0.15, 0.2) is 54.6 Å². The number of nitrogens with one attached hydrogen (secondary N) is 2. The number of rotatable bonds is 4. The summed E-state index contributed by atoms with van der Waals surface area (Å²) in [5.41, 5.74) is 2.65. The van der Waals surface area contributed by atoms with E-state index in [0.29, 0.717) is 5.69 Å². The summed E-state index contributed by atoms with van der Waals surface area (Å²) in [6.07, 6.45) is 0. The van der Waals surface area contributed by atoms with Gasteiger partial charge in [-0.15, -0.1) is 0 Å². The molecule has 0 radical (unpaired) electrons. The minimum Gasteiger partial charge on any atom is -0.326 e. The van der Waals surface area contributed by atoms with E-state index in [9.17, 15) is 9.59 Å². The van der Waals surface area contributed by atoms with Gasteiger partial charge in [0.25, 0.3) is 0 Å². The SMILES string of the molecule is CC(=O)Nc1ccc(NC(=O)C2CN(C)CC2c2ccccc2)cc1. The number of likely N-dealkylation sites (N-methyl/N-ethyl adjacent to an activating group) is 1. The number of anilines is 2. The van der Waals surface area contributed by atoms with Crippen molar-refractivity contribution in [2.45, 2.75) is 12.8 Å². The van der Waals surface area contributed by atoms with Crippen LogP contribution in [0.4, 0.5) is 11.4 Å². The highest BCUT2D eigenvalue weighted by Crippen LogP contribution is 2.32. The zero-order valence-corrected chi connectivity index (χ0v) is 14.5. The summed E-state index contributed by atoms with van der Waals surface area (Å²) in [4.78, 5) is 26.1. The maximum Gasteiger partial charge on any atom is 0.229 e. The van der Waals surface area contributed by atoms with Crippen molar-refractivity contribution >= 4 is 23.2 Å². The van der Waals surface area contributed by atoms with Crippen molar-refractivity contribution in [3.8, 4) is 0 Å². The monoisotopic (exact) mass is 337 g/mol. The summed E-state index contributed by atoms with van der Waals surface area (Å²) >= 11 is 0. The summed E-state index contributed by atoms with van der Waals surface area (Å²) in [7, 11) is 2.05. The molecule has 2 unspecified atom stereocenters. The van der Waals surface area contributed by atoms with Gasteiger partial charge in [0, 0.05) is 37.3 Å². The van der Waals surface area contributed by atoms with Gasteiger partial charge in [0.1, 0.15) is 0 Å². The normalized spacial score (nSPS) is 20.2. The van der Waals surface area contributed by atoms with Crippen LogP contribution in [0.1, 0.15) is 18.4 Å². The number of amides is 2. The Morgan fingerprint density at radius 1 is 0.920 bits per heavy atom. The number of hydrogen-bond donors (Lipinski definition) is 2. The first-order chi connectivity index (χ1) is 12.0. The molecule has 1 aliphatic rings. The van der Waals surface area contributed by atoms with E-state index in [4.69, 9.17) is 0 Å². The van der Waals surface area contributed by atoms with Crippen molar-refractivity contribution in [1.29, 1.82) is 0 Å². The lowest BCUT2D eigenvalue weighted by Crippen LogP contribution is -2.28. The van der Waals surface area contributed by atoms with Gasteiger partial charge >= 0.3 is 0 Å². The molecular weight excluding hydrogens is 314 g/mol. The van der Waals surface area contributed by atoms with Crippen LogP contribution >= 0.6 is 0 Å². The van der Waals surface area contributed by atoms with Crippen LogP contribution in [-0.4, -0.2) is 36.9 Å². The number of nitrogens with zero attached hydrogens (tertiary/aromatic N) is 1. The molecule has 0 spiro atoms. The summed E-state index contributed by atoms with van der Waals surface area (Å²) in [5.74, 6) is 0.0363. The quantitative estimate of drug-likeness (QED) is 0.902. The van der Waals surface area contributed by atoms with Gasteiger partial charge in [0.2, 0.25) is 11.8 Å². The first-order valence-corrected chi connectivity index (χ1v) is 8.45. The Labute approximate surface area is 148 Å². The molecule has 2 atom stereocenters. The molecule has 2 aromatic carbocycles. The van der Waals surface area contributed by atoms with Crippen LogP contribution in [0.5, 0.6) is 0 Å². The van der Waals surface area contributed by atoms with Gasteiger partial charge < -0.3 is 15.5 Å². The van der Waals surface area contributed by atoms with Gasteiger partial charge in [0.15, 0.2) is 0 Å². The van der Waals surface area contributed by atoms with Gasteiger partial charge in [-0.05, 0) is 36.9 Å². The fraction of sp³-hybridized carbons (Fsp3) is 0.300. The molecule has 1 heterocycles. The average molecular weight is 337 g/mol. The third-order valence-corrected chi connectivity index (χ3v) is 4.54. The molecule has 0 aliphatic carbocycles. The lowest BCUT2D eigenvalue weighted by atomic mass is 9.88. The number of likely N-dealkylation sites (tertiary alicyclic amines) is 1. The van der Waals surface area contributed by atoms with Crippen molar-refractivity contribution in [1.82, 2.24) is 4.90 Å². The van der Waals surface area contributed by atoms with Gasteiger partial charge in [0.05, 0.1) is 5.92 Å². The van der Waals surface area contributed by atoms with Crippen LogP contribution in [0.2, 0.25) is 0 Å². The lowest BCUT2D eigenvalue weighted by molar-refractivity contribution is -0.120. The average Bonchev–Trinajstić information content (AvgIpc) is 2.99. The van der Waals surface area contributed by atoms with E-state index in [1.807, 2.05) is 25.2 Å². The predicted molar refractivity (Wildman–Crippen MR) is 99.5 cm³/mol. The molecule has 1 aliphatic heterocycles. The third-order valence-electron chi connectivity index (χ3n) is 4.54. The first kappa shape index (κ1) is 17.2. The Balaban J connectivity index is 1.70. The number of carbonyl (C=O) groups is 2. The zero-order chi connectivity index (χ0) is 17.8. The standard InChI is InChI=1S/C20H23N3O2/c1-14(24)21-16-8-10-17(11-9-16)22-20(25)19-13-23(2)12-18(19)15-6-4-3-5-7-15/h3-11,18-19H,12-13H2,1-2H3,(H,21,24)(H,22,25). The van der Waals surface area contributed by atoms with Crippen LogP contribution in [-0.2, 0) is 9.59 Å². The summed E-state index contributed by atoms with van der Waals surface area (Å²) in [6, 6.07) is 17.4. The Kier molecular flexibility index (Phi) is 5.14. The zero-order valence-electron chi connectivity index (χ0n) is 14.5. The molecule has 5 heteroatoms. The Morgan fingerprint density at radius 2 is 1.52 bits per heavy atom. The number of hydrogen-bond acceptors (Lipinski definition) is 3. The van der Waals surface area contributed by atoms with Gasteiger partial charge in [-0.25, -0.2) is 0 Å². The highest BCUT2D eigenvalue weighted by molar-refractivity contribution is 5.94. The molecule has 2 N–H and O–H groups in total. The molecule has 1 saturated heterocycles. The van der Waals surface area contributed by atoms with Crippen LogP contribution < -0.4 is 10.6 Å². The predicted octanol–water partition coefficient (Wildman–Crippen LogP) is 2.93. The largest absolute Gasteiger partial charge is 0.326 e. The van der Waals surface area contributed by atoms with E-state index in [0.717, 1.165) is 18.8 Å². The molecule has 0 saturated carbocycles. The molecule has 0 aromatic heterocycles. The molecule has 130 valence electrons. The van der Waals surface area contributed by atoms with Crippen LogP contribution in [0, 0.1) is 5.92 Å². The summed E-state index contributed by atoms with van der Waals surface area (Å²) in [6.45, 7) is 3.09. The van der Waals surface area contributed by atoms with Crippen molar-refractivity contribution in [2.75, 3.05) is 30.8 Å². The van der Waals surface area contributed by atoms with E-state index in [1.165, 1.54) is 12.5 Å². The summed E-state index contributed by atoms with van der Waals surface area (Å²) in [5, 5.41) is 5.72. The van der Waals surface area contributed by atoms with Gasteiger partial charge in [-0.2, -0.15) is 0 Å². The number of carbonyl (C=O) groups excluding carboxylic acids is 2. The van der Waals surface area contributed by atoms with E-state index >= 15 is 0 Å². The molecule has 5 nitrogen and oxygen atoms in total. The fourth-order valence-corrected chi connectivity index (χ4v) is 3.38. The van der Waals surface area contributed by atoms with E-state index in [1.54, 1.807) is 24.3 Å². The van der Waals surface area contributed by atoms with Crippen molar-refractivity contribution in [3.63, 3.8) is 0 Å². The minimum atomic E-state index is -0.114. The van der Waals surface area contributed by atoms with Gasteiger partial charge in [-0.3, -0.25) is 9.59 Å². The van der Waals surface area contributed by atoms with Gasteiger partial charge in [-0.1, -0.05) is 30.3 Å². The highest BCUT2D eigenvalue weighted by atomic mass is 16.2. The maximum absolute atomic E-state index is 12.8. The molecule has 0 bridgehead atoms. The molecule has 25 heavy (non-hydrogen) atoms. The Bertz CT molecular complexity index is 743. The second-order valence-corrected chi connectivity index (χ2v) is 6.59. The molecule has 2 aromatic rings. The molecule has 1 fully saturated rings.